The molecule has 1 aromatic heterocycles. The summed E-state index contributed by atoms with van der Waals surface area (Å²) in [6.07, 6.45) is 5.69. The van der Waals surface area contributed by atoms with Crippen LogP contribution in [0.5, 0.6) is 0 Å². The average molecular weight is 436 g/mol. The number of nitrogens with zero attached hydrogens (tertiary/aromatic N) is 2. The van der Waals surface area contributed by atoms with E-state index in [1.165, 1.54) is 32.9 Å². The monoisotopic (exact) mass is 435 g/mol. The lowest BCUT2D eigenvalue weighted by Gasteiger charge is -2.38. The highest BCUT2D eigenvalue weighted by molar-refractivity contribution is 6.08. The minimum Gasteiger partial charge on any atom is -0.378 e. The lowest BCUT2D eigenvalue weighted by molar-refractivity contribution is 0.0827. The quantitative estimate of drug-likeness (QED) is 0.381. The van der Waals surface area contributed by atoms with Gasteiger partial charge in [0.1, 0.15) is 0 Å². The highest BCUT2D eigenvalue weighted by Crippen LogP contribution is 2.50. The summed E-state index contributed by atoms with van der Waals surface area (Å²) >= 11 is 0. The summed E-state index contributed by atoms with van der Waals surface area (Å²) < 4.78 is 2.40. The van der Waals surface area contributed by atoms with Crippen molar-refractivity contribution in [1.29, 1.82) is 0 Å². The fourth-order valence-electron chi connectivity index (χ4n) is 5.92. The zero-order chi connectivity index (χ0) is 22.7. The third kappa shape index (κ3) is 3.01. The van der Waals surface area contributed by atoms with Crippen molar-refractivity contribution >= 4 is 33.4 Å². The molecule has 4 heteroatoms. The number of carbonyl (C=O) groups is 1. The number of hydrogen-bond acceptors (Lipinski definition) is 2. The Hall–Kier alpha value is -3.53. The molecule has 3 atom stereocenters. The molecule has 1 N–H and O–H groups in total. The Bertz CT molecular complexity index is 1430. The number of aromatic nitrogens is 1. The summed E-state index contributed by atoms with van der Waals surface area (Å²) in [5.41, 5.74) is 7.06. The molecular formula is C29H29N3O. The van der Waals surface area contributed by atoms with Crippen molar-refractivity contribution in [1.82, 2.24) is 9.47 Å². The number of carbonyl (C=O) groups excluding carboxylic acids is 1. The maximum Gasteiger partial charge on any atom is 0.253 e. The summed E-state index contributed by atoms with van der Waals surface area (Å²) in [4.78, 5) is 14.2. The van der Waals surface area contributed by atoms with Gasteiger partial charge in [0.25, 0.3) is 5.91 Å². The number of allylic oxidation sites excluding steroid dienone is 2. The van der Waals surface area contributed by atoms with Gasteiger partial charge in [-0.25, -0.2) is 0 Å². The largest absolute Gasteiger partial charge is 0.378 e. The second-order valence-electron chi connectivity index (χ2n) is 9.52. The number of amides is 1. The molecule has 0 saturated carbocycles. The van der Waals surface area contributed by atoms with Crippen LogP contribution in [0.3, 0.4) is 0 Å². The number of para-hydroxylation sites is 1. The Balaban J connectivity index is 1.45. The molecule has 0 radical (unpaired) electrons. The minimum absolute atomic E-state index is 0.0521. The van der Waals surface area contributed by atoms with Crippen molar-refractivity contribution in [2.75, 3.05) is 19.4 Å². The van der Waals surface area contributed by atoms with E-state index >= 15 is 0 Å². The first-order valence-corrected chi connectivity index (χ1v) is 11.9. The molecule has 0 saturated heterocycles. The summed E-state index contributed by atoms with van der Waals surface area (Å²) in [5.74, 6) is 0.823. The first kappa shape index (κ1) is 20.1. The number of nitrogens with one attached hydrogen (secondary N) is 1. The molecule has 3 unspecified atom stereocenters. The van der Waals surface area contributed by atoms with Gasteiger partial charge in [0.05, 0.1) is 6.04 Å². The van der Waals surface area contributed by atoms with Crippen LogP contribution in [0.1, 0.15) is 46.8 Å². The van der Waals surface area contributed by atoms with Gasteiger partial charge in [0.15, 0.2) is 0 Å². The average Bonchev–Trinajstić information content (AvgIpc) is 3.45. The number of aryl methyl sites for hydroxylation is 1. The van der Waals surface area contributed by atoms with Gasteiger partial charge in [0.2, 0.25) is 0 Å². The van der Waals surface area contributed by atoms with Gasteiger partial charge in [-0.05, 0) is 66.8 Å². The van der Waals surface area contributed by atoms with Crippen LogP contribution in [0.15, 0.2) is 72.8 Å². The predicted octanol–water partition coefficient (Wildman–Crippen LogP) is 6.34. The molecule has 0 spiro atoms. The molecule has 166 valence electrons. The maximum absolute atomic E-state index is 12.6. The van der Waals surface area contributed by atoms with Crippen molar-refractivity contribution in [2.24, 2.45) is 5.92 Å². The van der Waals surface area contributed by atoms with E-state index < -0.39 is 0 Å². The topological polar surface area (TPSA) is 37.3 Å². The van der Waals surface area contributed by atoms with Crippen LogP contribution in [0, 0.1) is 5.92 Å². The molecule has 2 heterocycles. The van der Waals surface area contributed by atoms with Crippen LogP contribution < -0.4 is 5.32 Å². The van der Waals surface area contributed by atoms with E-state index in [0.29, 0.717) is 11.8 Å². The Morgan fingerprint density at radius 3 is 2.67 bits per heavy atom. The fraction of sp³-hybridized carbons (Fsp3) is 0.276. The molecule has 3 aromatic carbocycles. The lowest BCUT2D eigenvalue weighted by Crippen LogP contribution is -2.29. The standard InChI is InChI=1S/C29H29N3O/c1-4-32-26-11-6-5-8-21(26)24-16-18(13-15-27(24)32)28-22-10-7-9-20(22)23-17-19(29(33)31(2)3)12-14-25(23)30-28/h5-9,11-17,20,22,28,30H,4,10H2,1-3H3. The van der Waals surface area contributed by atoms with E-state index in [0.717, 1.165) is 24.2 Å². The molecule has 6 rings (SSSR count). The van der Waals surface area contributed by atoms with Crippen molar-refractivity contribution in [3.05, 3.63) is 89.5 Å². The minimum atomic E-state index is 0.0521. The van der Waals surface area contributed by atoms with Gasteiger partial charge >= 0.3 is 0 Å². The number of hydrogen-bond donors (Lipinski definition) is 1. The highest BCUT2D eigenvalue weighted by atomic mass is 16.2. The van der Waals surface area contributed by atoms with E-state index in [4.69, 9.17) is 0 Å². The number of anilines is 1. The first-order chi connectivity index (χ1) is 16.1. The van der Waals surface area contributed by atoms with Crippen LogP contribution in [-0.4, -0.2) is 29.5 Å². The third-order valence-corrected chi connectivity index (χ3v) is 7.49. The van der Waals surface area contributed by atoms with Crippen molar-refractivity contribution in [2.45, 2.75) is 31.8 Å². The van der Waals surface area contributed by atoms with Crippen LogP contribution in [-0.2, 0) is 6.54 Å². The molecule has 1 aliphatic carbocycles. The van der Waals surface area contributed by atoms with E-state index in [-0.39, 0.29) is 11.9 Å². The third-order valence-electron chi connectivity index (χ3n) is 7.49. The van der Waals surface area contributed by atoms with Crippen LogP contribution in [0.25, 0.3) is 21.8 Å². The Morgan fingerprint density at radius 2 is 1.85 bits per heavy atom. The van der Waals surface area contributed by atoms with Gasteiger partial charge in [0, 0.05) is 59.6 Å². The lowest BCUT2D eigenvalue weighted by atomic mass is 9.76. The van der Waals surface area contributed by atoms with Crippen molar-refractivity contribution in [3.8, 4) is 0 Å². The zero-order valence-electron chi connectivity index (χ0n) is 19.4. The van der Waals surface area contributed by atoms with Crippen LogP contribution >= 0.6 is 0 Å². The maximum atomic E-state index is 12.6. The molecule has 4 aromatic rings. The van der Waals surface area contributed by atoms with Crippen LogP contribution in [0.2, 0.25) is 0 Å². The number of rotatable bonds is 3. The molecule has 2 aliphatic rings. The molecule has 0 fully saturated rings. The fourth-order valence-corrected chi connectivity index (χ4v) is 5.92. The zero-order valence-corrected chi connectivity index (χ0v) is 19.4. The van der Waals surface area contributed by atoms with Gasteiger partial charge in [-0.15, -0.1) is 0 Å². The van der Waals surface area contributed by atoms with Crippen molar-refractivity contribution < 1.29 is 4.79 Å². The molecular weight excluding hydrogens is 406 g/mol. The normalized spacial score (nSPS) is 21.1. The second kappa shape index (κ2) is 7.51. The molecule has 1 amide bonds. The summed E-state index contributed by atoms with van der Waals surface area (Å²) in [7, 11) is 3.61. The highest BCUT2D eigenvalue weighted by Gasteiger charge is 2.38. The van der Waals surface area contributed by atoms with E-state index in [1.807, 2.05) is 6.07 Å². The smallest absolute Gasteiger partial charge is 0.253 e. The van der Waals surface area contributed by atoms with Gasteiger partial charge in [-0.1, -0.05) is 36.4 Å². The van der Waals surface area contributed by atoms with E-state index in [1.54, 1.807) is 19.0 Å². The molecule has 4 nitrogen and oxygen atoms in total. The van der Waals surface area contributed by atoms with Gasteiger partial charge in [-0.2, -0.15) is 0 Å². The Kier molecular flexibility index (Phi) is 4.58. The first-order valence-electron chi connectivity index (χ1n) is 11.9. The Labute approximate surface area is 194 Å². The number of fused-ring (bicyclic) bond motifs is 6. The summed E-state index contributed by atoms with van der Waals surface area (Å²) in [5, 5.41) is 6.49. The SMILES string of the molecule is CCn1c2ccccc2c2cc(C3Nc4ccc(C(=O)N(C)C)cc4C4C=CCC43)ccc21. The molecule has 0 bridgehead atoms. The van der Waals surface area contributed by atoms with Gasteiger partial charge in [-0.3, -0.25) is 4.79 Å². The van der Waals surface area contributed by atoms with Gasteiger partial charge < -0.3 is 14.8 Å². The molecule has 33 heavy (non-hydrogen) atoms. The summed E-state index contributed by atoms with van der Waals surface area (Å²) in [6, 6.07) is 22.1. The predicted molar refractivity (Wildman–Crippen MR) is 136 cm³/mol. The summed E-state index contributed by atoms with van der Waals surface area (Å²) in [6.45, 7) is 3.17. The second-order valence-corrected chi connectivity index (χ2v) is 9.52. The van der Waals surface area contributed by atoms with E-state index in [9.17, 15) is 4.79 Å². The Morgan fingerprint density at radius 1 is 1.03 bits per heavy atom. The number of benzene rings is 3. The molecule has 1 aliphatic heterocycles. The van der Waals surface area contributed by atoms with E-state index in [2.05, 4.69) is 83.6 Å². The van der Waals surface area contributed by atoms with Crippen LogP contribution in [0.4, 0.5) is 5.69 Å². The van der Waals surface area contributed by atoms with Crippen molar-refractivity contribution in [3.63, 3.8) is 0 Å².